The summed E-state index contributed by atoms with van der Waals surface area (Å²) in [5.41, 5.74) is 1.03. The summed E-state index contributed by atoms with van der Waals surface area (Å²) < 4.78 is 17.5. The van der Waals surface area contributed by atoms with Crippen LogP contribution in [0.5, 0.6) is 0 Å². The van der Waals surface area contributed by atoms with Crippen molar-refractivity contribution in [1.82, 2.24) is 9.36 Å². The highest BCUT2D eigenvalue weighted by atomic mass is 32.2. The van der Waals surface area contributed by atoms with E-state index in [-0.39, 0.29) is 11.9 Å². The van der Waals surface area contributed by atoms with Gasteiger partial charge in [-0.25, -0.2) is 9.37 Å². The molecule has 3 rings (SSSR count). The zero-order valence-corrected chi connectivity index (χ0v) is 11.4. The molecule has 18 heavy (non-hydrogen) atoms. The zero-order valence-electron chi connectivity index (χ0n) is 9.81. The van der Waals surface area contributed by atoms with Crippen molar-refractivity contribution in [2.24, 2.45) is 0 Å². The lowest BCUT2D eigenvalue weighted by atomic mass is 10.0. The van der Waals surface area contributed by atoms with Crippen LogP contribution in [-0.4, -0.2) is 15.1 Å². The van der Waals surface area contributed by atoms with Crippen molar-refractivity contribution < 1.29 is 4.39 Å². The Kier molecular flexibility index (Phi) is 3.22. The fourth-order valence-electron chi connectivity index (χ4n) is 2.02. The van der Waals surface area contributed by atoms with Gasteiger partial charge in [-0.05, 0) is 37.1 Å². The summed E-state index contributed by atoms with van der Waals surface area (Å²) in [6.07, 6.45) is 0.972. The number of aryl methyl sites for hydroxylation is 1. The molecule has 3 nitrogen and oxygen atoms in total. The van der Waals surface area contributed by atoms with E-state index in [1.807, 2.05) is 13.0 Å². The minimum absolute atomic E-state index is 0.129. The van der Waals surface area contributed by atoms with Crippen molar-refractivity contribution in [2.75, 3.05) is 11.1 Å². The molecular weight excluding hydrogens is 269 g/mol. The van der Waals surface area contributed by atoms with Gasteiger partial charge in [-0.1, -0.05) is 0 Å². The fraction of sp³-hybridized carbons (Fsp3) is 0.333. The van der Waals surface area contributed by atoms with Crippen LogP contribution in [0.4, 0.5) is 9.52 Å². The molecule has 1 aliphatic rings. The van der Waals surface area contributed by atoms with Gasteiger partial charge in [-0.15, -0.1) is 11.8 Å². The molecule has 1 unspecified atom stereocenters. The van der Waals surface area contributed by atoms with Gasteiger partial charge >= 0.3 is 0 Å². The molecule has 2 heterocycles. The van der Waals surface area contributed by atoms with Crippen molar-refractivity contribution in [2.45, 2.75) is 24.3 Å². The van der Waals surface area contributed by atoms with Gasteiger partial charge < -0.3 is 5.32 Å². The Morgan fingerprint density at radius 3 is 3.11 bits per heavy atom. The molecule has 0 saturated heterocycles. The number of thioether (sulfide) groups is 1. The van der Waals surface area contributed by atoms with Crippen LogP contribution in [0.3, 0.4) is 0 Å². The molecule has 6 heteroatoms. The van der Waals surface area contributed by atoms with Gasteiger partial charge in [0.15, 0.2) is 0 Å². The quantitative estimate of drug-likeness (QED) is 0.912. The molecule has 0 bridgehead atoms. The average molecular weight is 281 g/mol. The van der Waals surface area contributed by atoms with Crippen molar-refractivity contribution in [3.63, 3.8) is 0 Å². The number of hydrogen-bond acceptors (Lipinski definition) is 5. The second kappa shape index (κ2) is 4.85. The van der Waals surface area contributed by atoms with Crippen LogP contribution in [0.2, 0.25) is 0 Å². The Morgan fingerprint density at radius 1 is 1.44 bits per heavy atom. The number of halogens is 1. The molecule has 94 valence electrons. The van der Waals surface area contributed by atoms with Crippen molar-refractivity contribution in [1.29, 1.82) is 0 Å². The molecule has 0 radical (unpaired) electrons. The summed E-state index contributed by atoms with van der Waals surface area (Å²) in [5, 5.41) is 4.16. The molecule has 1 aliphatic heterocycles. The maximum Gasteiger partial charge on any atom is 0.203 e. The molecule has 0 fully saturated rings. The van der Waals surface area contributed by atoms with E-state index in [4.69, 9.17) is 0 Å². The third-order valence-corrected chi connectivity index (χ3v) is 4.70. The highest BCUT2D eigenvalue weighted by Crippen LogP contribution is 2.38. The fourth-order valence-corrected chi connectivity index (χ4v) is 3.75. The second-order valence-corrected chi connectivity index (χ2v) is 6.05. The Morgan fingerprint density at radius 2 is 2.33 bits per heavy atom. The van der Waals surface area contributed by atoms with E-state index in [0.29, 0.717) is 0 Å². The largest absolute Gasteiger partial charge is 0.353 e. The van der Waals surface area contributed by atoms with Crippen molar-refractivity contribution >= 4 is 28.4 Å². The first kappa shape index (κ1) is 11.9. The minimum atomic E-state index is -0.184. The minimum Gasteiger partial charge on any atom is -0.353 e. The molecular formula is C12H12FN3S2. The van der Waals surface area contributed by atoms with Crippen LogP contribution >= 0.6 is 23.3 Å². The second-order valence-electron chi connectivity index (χ2n) is 4.16. The summed E-state index contributed by atoms with van der Waals surface area (Å²) in [7, 11) is 0. The predicted octanol–water partition coefficient (Wildman–Crippen LogP) is 3.63. The van der Waals surface area contributed by atoms with Gasteiger partial charge in [0.1, 0.15) is 11.6 Å². The number of anilines is 1. The average Bonchev–Trinajstić information content (AvgIpc) is 2.76. The van der Waals surface area contributed by atoms with E-state index in [1.54, 1.807) is 17.8 Å². The van der Waals surface area contributed by atoms with Crippen LogP contribution in [0.25, 0.3) is 0 Å². The van der Waals surface area contributed by atoms with Crippen molar-refractivity contribution in [3.05, 3.63) is 35.4 Å². The highest BCUT2D eigenvalue weighted by Gasteiger charge is 2.22. The van der Waals surface area contributed by atoms with Gasteiger partial charge in [0.25, 0.3) is 0 Å². The molecule has 1 atom stereocenters. The standard InChI is InChI=1S/C12H12FN3S2/c1-7-14-12(18-16-7)15-10-4-5-17-11-3-2-8(13)6-9(10)11/h2-3,6,10H,4-5H2,1H3,(H,14,15,16). The lowest BCUT2D eigenvalue weighted by Crippen LogP contribution is -2.16. The molecule has 0 spiro atoms. The van der Waals surface area contributed by atoms with E-state index in [0.717, 1.165) is 33.6 Å². The molecule has 2 aromatic rings. The zero-order chi connectivity index (χ0) is 12.5. The number of hydrogen-bond donors (Lipinski definition) is 1. The summed E-state index contributed by atoms with van der Waals surface area (Å²) >= 11 is 3.13. The number of fused-ring (bicyclic) bond motifs is 1. The number of nitrogens with zero attached hydrogens (tertiary/aromatic N) is 2. The summed E-state index contributed by atoms with van der Waals surface area (Å²) in [5.74, 6) is 1.62. The van der Waals surface area contributed by atoms with E-state index >= 15 is 0 Å². The Labute approximate surface area is 113 Å². The highest BCUT2D eigenvalue weighted by molar-refractivity contribution is 7.99. The Bertz CT molecular complexity index is 570. The molecule has 1 N–H and O–H groups in total. The predicted molar refractivity (Wildman–Crippen MR) is 72.8 cm³/mol. The number of nitrogens with one attached hydrogen (secondary N) is 1. The van der Waals surface area contributed by atoms with E-state index in [1.165, 1.54) is 17.6 Å². The number of aromatic nitrogens is 2. The SMILES string of the molecule is Cc1nsc(NC2CCSc3ccc(F)cc32)n1. The Balaban J connectivity index is 1.88. The third kappa shape index (κ3) is 2.35. The first-order valence-corrected chi connectivity index (χ1v) is 7.47. The topological polar surface area (TPSA) is 37.8 Å². The molecule has 1 aromatic heterocycles. The van der Waals surface area contributed by atoms with Crippen LogP contribution in [0.15, 0.2) is 23.1 Å². The van der Waals surface area contributed by atoms with Crippen LogP contribution in [-0.2, 0) is 0 Å². The summed E-state index contributed by atoms with van der Waals surface area (Å²) in [4.78, 5) is 5.45. The van der Waals surface area contributed by atoms with E-state index < -0.39 is 0 Å². The maximum absolute atomic E-state index is 13.3. The van der Waals surface area contributed by atoms with Crippen LogP contribution in [0, 0.1) is 12.7 Å². The first-order chi connectivity index (χ1) is 8.72. The smallest absolute Gasteiger partial charge is 0.203 e. The van der Waals surface area contributed by atoms with E-state index in [2.05, 4.69) is 14.7 Å². The summed E-state index contributed by atoms with van der Waals surface area (Å²) in [6, 6.07) is 5.12. The molecule has 0 saturated carbocycles. The number of benzene rings is 1. The van der Waals surface area contributed by atoms with E-state index in [9.17, 15) is 4.39 Å². The maximum atomic E-state index is 13.3. The van der Waals surface area contributed by atoms with Crippen LogP contribution in [0.1, 0.15) is 23.9 Å². The normalized spacial score (nSPS) is 18.4. The molecule has 0 amide bonds. The van der Waals surface area contributed by atoms with Crippen LogP contribution < -0.4 is 5.32 Å². The molecule has 0 aliphatic carbocycles. The number of rotatable bonds is 2. The van der Waals surface area contributed by atoms with Crippen molar-refractivity contribution in [3.8, 4) is 0 Å². The molecule has 1 aromatic carbocycles. The van der Waals surface area contributed by atoms with Gasteiger partial charge in [0, 0.05) is 22.2 Å². The van der Waals surface area contributed by atoms with Gasteiger partial charge in [0.2, 0.25) is 5.13 Å². The monoisotopic (exact) mass is 281 g/mol. The first-order valence-electron chi connectivity index (χ1n) is 5.71. The lowest BCUT2D eigenvalue weighted by molar-refractivity contribution is 0.616. The summed E-state index contributed by atoms with van der Waals surface area (Å²) in [6.45, 7) is 1.87. The Hall–Kier alpha value is -1.14. The van der Waals surface area contributed by atoms with Gasteiger partial charge in [0.05, 0.1) is 6.04 Å². The van der Waals surface area contributed by atoms with Gasteiger partial charge in [-0.3, -0.25) is 0 Å². The van der Waals surface area contributed by atoms with Gasteiger partial charge in [-0.2, -0.15) is 4.37 Å². The lowest BCUT2D eigenvalue weighted by Gasteiger charge is -2.25. The third-order valence-electron chi connectivity index (χ3n) is 2.84.